The zero-order valence-corrected chi connectivity index (χ0v) is 37.2. The number of hydrogen-bond donors (Lipinski definition) is 3. The van der Waals surface area contributed by atoms with Gasteiger partial charge in [0.05, 0.1) is 6.04 Å². The molecular formula is C43H72N4O9. The molecule has 3 N–H and O–H groups in total. The van der Waals surface area contributed by atoms with Gasteiger partial charge in [-0.1, -0.05) is 84.9 Å². The Hall–Kier alpha value is -3.97. The Labute approximate surface area is 336 Å². The number of aliphatic carboxylic acids is 1. The molecule has 0 fully saturated rings. The molecule has 13 heteroatoms. The third-order valence-electron chi connectivity index (χ3n) is 9.20. The van der Waals surface area contributed by atoms with Gasteiger partial charge >= 0.3 is 18.0 Å². The van der Waals surface area contributed by atoms with Crippen molar-refractivity contribution in [2.75, 3.05) is 21.2 Å². The normalized spacial score (nSPS) is 15.6. The maximum atomic E-state index is 14.6. The topological polar surface area (TPSA) is 164 Å². The molecule has 0 saturated heterocycles. The van der Waals surface area contributed by atoms with Crippen molar-refractivity contribution in [1.29, 1.82) is 0 Å². The van der Waals surface area contributed by atoms with Gasteiger partial charge < -0.3 is 29.5 Å². The lowest BCUT2D eigenvalue weighted by atomic mass is 9.76. The van der Waals surface area contributed by atoms with Crippen molar-refractivity contribution >= 4 is 29.8 Å². The highest BCUT2D eigenvalue weighted by Gasteiger charge is 2.44. The second-order valence-electron chi connectivity index (χ2n) is 18.8. The number of carboxylic acid groups (broad SMARTS) is 1. The Bertz CT molecular complexity index is 1500. The number of carbonyl (C=O) groups is 5. The van der Waals surface area contributed by atoms with Crippen molar-refractivity contribution in [2.24, 2.45) is 11.3 Å². The molecule has 1 aromatic carbocycles. The molecule has 0 bridgehead atoms. The van der Waals surface area contributed by atoms with Crippen LogP contribution in [0.15, 0.2) is 42.0 Å². The SMILES string of the molecule is COC(N[C@H](CCC(=O)O)C(=O)OC(C)(C)C)/C(C)=C/[C@H](C(C)C)N(C)C(=O)C(CC(C)(C)C)NC(=O)[C@@H](N(C)C(=O)OC(C)(C)C)C(C)(C)c1ccccc1. The van der Waals surface area contributed by atoms with Crippen molar-refractivity contribution in [3.63, 3.8) is 0 Å². The van der Waals surface area contributed by atoms with Gasteiger partial charge in [0.1, 0.15) is 35.6 Å². The predicted molar refractivity (Wildman–Crippen MR) is 219 cm³/mol. The molecule has 0 spiro atoms. The summed E-state index contributed by atoms with van der Waals surface area (Å²) in [4.78, 5) is 70.2. The van der Waals surface area contributed by atoms with Gasteiger partial charge in [0.25, 0.3) is 0 Å². The highest BCUT2D eigenvalue weighted by atomic mass is 16.6. The molecule has 5 atom stereocenters. The number of nitrogens with zero attached hydrogens (tertiary/aromatic N) is 2. The molecule has 0 aromatic heterocycles. The van der Waals surface area contributed by atoms with Gasteiger partial charge in [0.2, 0.25) is 11.8 Å². The summed E-state index contributed by atoms with van der Waals surface area (Å²) in [6.45, 7) is 26.0. The molecule has 0 heterocycles. The van der Waals surface area contributed by atoms with Crippen LogP contribution in [0.25, 0.3) is 0 Å². The lowest BCUT2D eigenvalue weighted by Gasteiger charge is -2.41. The highest BCUT2D eigenvalue weighted by molar-refractivity contribution is 5.92. The number of benzene rings is 1. The van der Waals surface area contributed by atoms with E-state index >= 15 is 0 Å². The van der Waals surface area contributed by atoms with E-state index in [1.807, 2.05) is 84.9 Å². The van der Waals surface area contributed by atoms with Crippen LogP contribution in [0.2, 0.25) is 0 Å². The van der Waals surface area contributed by atoms with E-state index in [1.165, 1.54) is 19.1 Å². The number of carbonyl (C=O) groups excluding carboxylic acids is 4. The van der Waals surface area contributed by atoms with Gasteiger partial charge in [-0.05, 0) is 83.8 Å². The van der Waals surface area contributed by atoms with Crippen molar-refractivity contribution in [3.8, 4) is 0 Å². The van der Waals surface area contributed by atoms with Gasteiger partial charge in [-0.15, -0.1) is 0 Å². The van der Waals surface area contributed by atoms with Gasteiger partial charge in [0.15, 0.2) is 0 Å². The summed E-state index contributed by atoms with van der Waals surface area (Å²) in [5.74, 6) is -2.59. The fraction of sp³-hybridized carbons (Fsp3) is 0.698. The number of rotatable bonds is 18. The first-order chi connectivity index (χ1) is 25.4. The lowest BCUT2D eigenvalue weighted by molar-refractivity contribution is -0.158. The second-order valence-corrected chi connectivity index (χ2v) is 18.8. The molecule has 0 aliphatic carbocycles. The predicted octanol–water partition coefficient (Wildman–Crippen LogP) is 6.69. The van der Waals surface area contributed by atoms with Crippen LogP contribution in [0, 0.1) is 11.3 Å². The van der Waals surface area contributed by atoms with E-state index in [1.54, 1.807) is 60.4 Å². The quantitative estimate of drug-likeness (QED) is 0.0830. The number of carboxylic acids is 1. The molecule has 318 valence electrons. The van der Waals surface area contributed by atoms with E-state index in [2.05, 4.69) is 10.6 Å². The molecule has 0 aliphatic rings. The largest absolute Gasteiger partial charge is 0.481 e. The van der Waals surface area contributed by atoms with Gasteiger partial charge in [-0.25, -0.2) is 4.79 Å². The van der Waals surface area contributed by atoms with Crippen molar-refractivity contribution in [2.45, 2.75) is 163 Å². The summed E-state index contributed by atoms with van der Waals surface area (Å²) in [6.07, 6.45) is 0.396. The Morgan fingerprint density at radius 3 is 1.80 bits per heavy atom. The summed E-state index contributed by atoms with van der Waals surface area (Å²) in [6, 6.07) is 5.95. The Kier molecular flexibility index (Phi) is 18.3. The average molecular weight is 789 g/mol. The smallest absolute Gasteiger partial charge is 0.410 e. The number of esters is 1. The molecule has 0 aliphatic heterocycles. The molecule has 0 radical (unpaired) electrons. The standard InChI is InChI=1S/C43H72N4O9/c1-27(2)32(25-28(3)36(54-17)45-30(23-24-33(48)49)38(52)55-41(7,8)9)46(15)37(51)31(26-40(4,5)6)44-35(50)34(47(16)39(53)56-42(10,11)12)43(13,14)29-21-19-18-20-22-29/h18-22,25,27,30-32,34,36,45H,23-24,26H2,1-17H3,(H,44,50)(H,48,49)/b28-25+/t30-,31?,32-,34-,36?/m1/s1. The van der Waals surface area contributed by atoms with Crippen molar-refractivity contribution < 1.29 is 43.3 Å². The van der Waals surface area contributed by atoms with Gasteiger partial charge in [0, 0.05) is 33.0 Å². The highest BCUT2D eigenvalue weighted by Crippen LogP contribution is 2.32. The summed E-state index contributed by atoms with van der Waals surface area (Å²) in [5.41, 5.74) is -1.41. The molecular weight excluding hydrogens is 716 g/mol. The fourth-order valence-corrected chi connectivity index (χ4v) is 6.49. The van der Waals surface area contributed by atoms with Crippen LogP contribution in [-0.2, 0) is 38.8 Å². The summed E-state index contributed by atoms with van der Waals surface area (Å²) in [7, 11) is 4.68. The van der Waals surface area contributed by atoms with Crippen LogP contribution >= 0.6 is 0 Å². The van der Waals surface area contributed by atoms with Crippen LogP contribution in [0.4, 0.5) is 4.79 Å². The summed E-state index contributed by atoms with van der Waals surface area (Å²) in [5, 5.41) is 15.5. The number of hydrogen-bond acceptors (Lipinski definition) is 9. The van der Waals surface area contributed by atoms with Crippen LogP contribution in [0.1, 0.15) is 122 Å². The maximum absolute atomic E-state index is 14.6. The lowest BCUT2D eigenvalue weighted by Crippen LogP contribution is -2.61. The van der Waals surface area contributed by atoms with Gasteiger partial charge in [-0.2, -0.15) is 0 Å². The molecule has 3 amide bonds. The number of likely N-dealkylation sites (N-methyl/N-ethyl adjacent to an activating group) is 2. The Morgan fingerprint density at radius 1 is 0.821 bits per heavy atom. The minimum Gasteiger partial charge on any atom is -0.481 e. The summed E-state index contributed by atoms with van der Waals surface area (Å²) >= 11 is 0. The minimum absolute atomic E-state index is 0.0250. The van der Waals surface area contributed by atoms with E-state index in [-0.39, 0.29) is 30.1 Å². The molecule has 13 nitrogen and oxygen atoms in total. The maximum Gasteiger partial charge on any atom is 0.410 e. The van der Waals surface area contributed by atoms with Crippen LogP contribution in [0.5, 0.6) is 0 Å². The first-order valence-corrected chi connectivity index (χ1v) is 19.4. The van der Waals surface area contributed by atoms with Crippen LogP contribution < -0.4 is 10.6 Å². The minimum atomic E-state index is -1.06. The zero-order valence-electron chi connectivity index (χ0n) is 37.2. The number of amides is 3. The third kappa shape index (κ3) is 16.3. The van der Waals surface area contributed by atoms with Crippen molar-refractivity contribution in [1.82, 2.24) is 20.4 Å². The molecule has 0 saturated carbocycles. The van der Waals surface area contributed by atoms with E-state index in [0.29, 0.717) is 12.0 Å². The molecule has 1 aromatic rings. The molecule has 1 rings (SSSR count). The van der Waals surface area contributed by atoms with Gasteiger partial charge in [-0.3, -0.25) is 29.4 Å². The van der Waals surface area contributed by atoms with E-state index < -0.39 is 71.0 Å². The molecule has 56 heavy (non-hydrogen) atoms. The van der Waals surface area contributed by atoms with E-state index in [9.17, 15) is 29.1 Å². The average Bonchev–Trinajstić information content (AvgIpc) is 3.04. The fourth-order valence-electron chi connectivity index (χ4n) is 6.49. The molecule has 2 unspecified atom stereocenters. The van der Waals surface area contributed by atoms with Crippen LogP contribution in [-0.4, -0.2) is 108 Å². The third-order valence-corrected chi connectivity index (χ3v) is 9.20. The number of nitrogens with one attached hydrogen (secondary N) is 2. The number of ether oxygens (including phenoxy) is 3. The van der Waals surface area contributed by atoms with E-state index in [4.69, 9.17) is 14.2 Å². The number of methoxy groups -OCH3 is 1. The van der Waals surface area contributed by atoms with Crippen molar-refractivity contribution in [3.05, 3.63) is 47.5 Å². The zero-order chi connectivity index (χ0) is 43.6. The first kappa shape index (κ1) is 50.0. The Morgan fingerprint density at radius 2 is 1.36 bits per heavy atom. The van der Waals surface area contributed by atoms with E-state index in [0.717, 1.165) is 5.56 Å². The van der Waals surface area contributed by atoms with Crippen LogP contribution in [0.3, 0.4) is 0 Å². The monoisotopic (exact) mass is 789 g/mol. The first-order valence-electron chi connectivity index (χ1n) is 19.4. The Balaban J connectivity index is 3.64. The summed E-state index contributed by atoms with van der Waals surface area (Å²) < 4.78 is 17.0. The second kappa shape index (κ2) is 20.5.